The topological polar surface area (TPSA) is 96.0 Å². The number of anilines is 1. The van der Waals surface area contributed by atoms with E-state index in [1.807, 2.05) is 54.6 Å². The van der Waals surface area contributed by atoms with E-state index in [1.54, 1.807) is 24.3 Å². The minimum atomic E-state index is -3.83. The SMILES string of the molecule is COc1ccc(N(CC(=O)N(Cc2ccc(Br)cc2)[C@H](Cc2ccccc2)C(=O)NC2CCCC2)S(C)(=O)=O)cc1. The fourth-order valence-corrected chi connectivity index (χ4v) is 6.18. The number of rotatable bonds is 12. The summed E-state index contributed by atoms with van der Waals surface area (Å²) < 4.78 is 33.0. The first-order chi connectivity index (χ1) is 19.6. The van der Waals surface area contributed by atoms with Gasteiger partial charge in [-0.15, -0.1) is 0 Å². The molecule has 0 saturated heterocycles. The van der Waals surface area contributed by atoms with Crippen molar-refractivity contribution < 1.29 is 22.7 Å². The summed E-state index contributed by atoms with van der Waals surface area (Å²) in [6.45, 7) is -0.314. The lowest BCUT2D eigenvalue weighted by atomic mass is 10.0. The molecule has 0 heterocycles. The van der Waals surface area contributed by atoms with Gasteiger partial charge >= 0.3 is 0 Å². The lowest BCUT2D eigenvalue weighted by Crippen LogP contribution is -2.54. The molecule has 3 aromatic rings. The maximum atomic E-state index is 14.1. The van der Waals surface area contributed by atoms with Gasteiger partial charge in [0, 0.05) is 23.5 Å². The number of sulfonamides is 1. The van der Waals surface area contributed by atoms with Crippen LogP contribution in [0.25, 0.3) is 0 Å². The lowest BCUT2D eigenvalue weighted by molar-refractivity contribution is -0.140. The Balaban J connectivity index is 1.71. The summed E-state index contributed by atoms with van der Waals surface area (Å²) in [7, 11) is -2.31. The maximum Gasteiger partial charge on any atom is 0.244 e. The van der Waals surface area contributed by atoms with Gasteiger partial charge in [0.1, 0.15) is 18.3 Å². The molecule has 0 aromatic heterocycles. The number of methoxy groups -OCH3 is 1. The Labute approximate surface area is 250 Å². The number of amides is 2. The first kappa shape index (κ1) is 30.6. The number of ether oxygens (including phenoxy) is 1. The minimum Gasteiger partial charge on any atom is -0.497 e. The van der Waals surface area contributed by atoms with Crippen molar-refractivity contribution in [2.45, 2.75) is 50.7 Å². The van der Waals surface area contributed by atoms with Crippen LogP contribution < -0.4 is 14.4 Å². The van der Waals surface area contributed by atoms with Gasteiger partial charge in [0.25, 0.3) is 0 Å². The molecule has 1 aliphatic carbocycles. The Morgan fingerprint density at radius 3 is 2.17 bits per heavy atom. The second kappa shape index (κ2) is 14.0. The zero-order chi connectivity index (χ0) is 29.4. The van der Waals surface area contributed by atoms with Crippen molar-refractivity contribution in [3.63, 3.8) is 0 Å². The summed E-state index contributed by atoms with van der Waals surface area (Å²) in [4.78, 5) is 29.5. The van der Waals surface area contributed by atoms with Crippen LogP contribution in [-0.4, -0.2) is 57.1 Å². The molecule has 0 aliphatic heterocycles. The van der Waals surface area contributed by atoms with Crippen molar-refractivity contribution >= 4 is 43.5 Å². The molecule has 2 amide bonds. The van der Waals surface area contributed by atoms with Gasteiger partial charge < -0.3 is 15.0 Å². The summed E-state index contributed by atoms with van der Waals surface area (Å²) in [5, 5.41) is 3.17. The molecular weight excluding hydrogens is 606 g/mol. The number of nitrogens with zero attached hydrogens (tertiary/aromatic N) is 2. The molecule has 1 fully saturated rings. The molecular formula is C31H36BrN3O5S. The Hall–Kier alpha value is -3.37. The summed E-state index contributed by atoms with van der Waals surface area (Å²) in [5.74, 6) is -0.143. The van der Waals surface area contributed by atoms with Crippen LogP contribution in [0.15, 0.2) is 83.3 Å². The second-order valence-corrected chi connectivity index (χ2v) is 13.1. The van der Waals surface area contributed by atoms with Crippen LogP contribution in [0.3, 0.4) is 0 Å². The van der Waals surface area contributed by atoms with E-state index in [0.717, 1.165) is 51.8 Å². The summed E-state index contributed by atoms with van der Waals surface area (Å²) in [6, 6.07) is 22.8. The molecule has 41 heavy (non-hydrogen) atoms. The number of nitrogens with one attached hydrogen (secondary N) is 1. The molecule has 1 N–H and O–H groups in total. The van der Waals surface area contributed by atoms with Crippen molar-refractivity contribution in [2.24, 2.45) is 0 Å². The van der Waals surface area contributed by atoms with Crippen LogP contribution in [-0.2, 0) is 32.6 Å². The number of carbonyl (C=O) groups is 2. The highest BCUT2D eigenvalue weighted by atomic mass is 79.9. The van der Waals surface area contributed by atoms with Crippen LogP contribution in [0, 0.1) is 0 Å². The molecule has 0 radical (unpaired) electrons. The van der Waals surface area contributed by atoms with Crippen molar-refractivity contribution in [1.29, 1.82) is 0 Å². The minimum absolute atomic E-state index is 0.0669. The first-order valence-electron chi connectivity index (χ1n) is 13.6. The zero-order valence-corrected chi connectivity index (χ0v) is 25.7. The third kappa shape index (κ3) is 8.56. The molecule has 1 saturated carbocycles. The Morgan fingerprint density at radius 2 is 1.59 bits per heavy atom. The molecule has 218 valence electrons. The van der Waals surface area contributed by atoms with Crippen molar-refractivity contribution in [2.75, 3.05) is 24.2 Å². The highest BCUT2D eigenvalue weighted by molar-refractivity contribution is 9.10. The Bertz CT molecular complexity index is 1410. The monoisotopic (exact) mass is 641 g/mol. The van der Waals surface area contributed by atoms with E-state index in [9.17, 15) is 18.0 Å². The van der Waals surface area contributed by atoms with Crippen LogP contribution in [0.2, 0.25) is 0 Å². The largest absolute Gasteiger partial charge is 0.497 e. The second-order valence-electron chi connectivity index (χ2n) is 10.3. The number of hydrogen-bond acceptors (Lipinski definition) is 5. The molecule has 0 spiro atoms. The van der Waals surface area contributed by atoms with Gasteiger partial charge in [-0.2, -0.15) is 0 Å². The fraction of sp³-hybridized carbons (Fsp3) is 0.355. The highest BCUT2D eigenvalue weighted by Gasteiger charge is 2.34. The van der Waals surface area contributed by atoms with Crippen molar-refractivity contribution in [3.05, 3.63) is 94.5 Å². The van der Waals surface area contributed by atoms with Crippen LogP contribution in [0.5, 0.6) is 5.75 Å². The number of carbonyl (C=O) groups excluding carboxylic acids is 2. The average molecular weight is 643 g/mol. The average Bonchev–Trinajstić information content (AvgIpc) is 3.47. The van der Waals surface area contributed by atoms with Gasteiger partial charge in [0.05, 0.1) is 19.1 Å². The molecule has 4 rings (SSSR count). The normalized spacial score (nSPS) is 14.3. The van der Waals surface area contributed by atoms with Crippen LogP contribution in [0.4, 0.5) is 5.69 Å². The van der Waals surface area contributed by atoms with Gasteiger partial charge in [-0.3, -0.25) is 13.9 Å². The van der Waals surface area contributed by atoms with E-state index in [-0.39, 0.29) is 18.5 Å². The smallest absolute Gasteiger partial charge is 0.244 e. The van der Waals surface area contributed by atoms with Crippen LogP contribution in [0.1, 0.15) is 36.8 Å². The summed E-state index contributed by atoms with van der Waals surface area (Å²) in [5.41, 5.74) is 2.06. The molecule has 1 aliphatic rings. The predicted octanol–water partition coefficient (Wildman–Crippen LogP) is 4.92. The molecule has 3 aromatic carbocycles. The third-order valence-electron chi connectivity index (χ3n) is 7.28. The number of hydrogen-bond donors (Lipinski definition) is 1. The number of benzene rings is 3. The quantitative estimate of drug-likeness (QED) is 0.303. The Kier molecular flexibility index (Phi) is 10.4. The van der Waals surface area contributed by atoms with E-state index in [4.69, 9.17) is 4.74 Å². The highest BCUT2D eigenvalue weighted by Crippen LogP contribution is 2.24. The van der Waals surface area contributed by atoms with E-state index in [1.165, 1.54) is 12.0 Å². The van der Waals surface area contributed by atoms with Crippen LogP contribution >= 0.6 is 15.9 Å². The third-order valence-corrected chi connectivity index (χ3v) is 8.95. The van der Waals surface area contributed by atoms with E-state index < -0.39 is 28.5 Å². The zero-order valence-electron chi connectivity index (χ0n) is 23.3. The summed E-state index contributed by atoms with van der Waals surface area (Å²) in [6.07, 6.45) is 5.29. The van der Waals surface area contributed by atoms with Gasteiger partial charge in [-0.25, -0.2) is 8.42 Å². The van der Waals surface area contributed by atoms with Gasteiger partial charge in [-0.1, -0.05) is 71.2 Å². The fourth-order valence-electron chi connectivity index (χ4n) is 5.07. The van der Waals surface area contributed by atoms with Crippen molar-refractivity contribution in [1.82, 2.24) is 10.2 Å². The molecule has 10 heteroatoms. The Morgan fingerprint density at radius 1 is 0.951 bits per heavy atom. The molecule has 1 atom stereocenters. The molecule has 0 unspecified atom stereocenters. The van der Waals surface area contributed by atoms with Gasteiger partial charge in [0.2, 0.25) is 21.8 Å². The first-order valence-corrected chi connectivity index (χ1v) is 16.3. The molecule has 8 nitrogen and oxygen atoms in total. The van der Waals surface area contributed by atoms with E-state index in [0.29, 0.717) is 17.9 Å². The molecule has 0 bridgehead atoms. The van der Waals surface area contributed by atoms with E-state index >= 15 is 0 Å². The van der Waals surface area contributed by atoms with E-state index in [2.05, 4.69) is 21.2 Å². The van der Waals surface area contributed by atoms with Gasteiger partial charge in [-0.05, 0) is 60.4 Å². The maximum absolute atomic E-state index is 14.1. The van der Waals surface area contributed by atoms with Crippen molar-refractivity contribution in [3.8, 4) is 5.75 Å². The predicted molar refractivity (Wildman–Crippen MR) is 164 cm³/mol. The standard InChI is InChI=1S/C31H36BrN3O5S/c1-40-28-18-16-27(17-19-28)35(41(2,38)39)22-30(36)34(21-24-12-14-25(32)15-13-24)29(20-23-8-4-3-5-9-23)31(37)33-26-10-6-7-11-26/h3-5,8-9,12-19,26,29H,6-7,10-11,20-22H2,1-2H3,(H,33,37)/t29-/m1/s1. The number of halogens is 1. The lowest BCUT2D eigenvalue weighted by Gasteiger charge is -2.34. The van der Waals surface area contributed by atoms with Gasteiger partial charge in [0.15, 0.2) is 0 Å². The summed E-state index contributed by atoms with van der Waals surface area (Å²) >= 11 is 3.45.